The Kier molecular flexibility index (Phi) is 6.76. The second kappa shape index (κ2) is 8.83. The van der Waals surface area contributed by atoms with Crippen molar-refractivity contribution in [1.82, 2.24) is 5.32 Å². The molecule has 27 heavy (non-hydrogen) atoms. The fourth-order valence-electron chi connectivity index (χ4n) is 3.33. The van der Waals surface area contributed by atoms with E-state index in [9.17, 15) is 19.7 Å². The average Bonchev–Trinajstić information content (AvgIpc) is 2.64. The number of nitrogens with one attached hydrogen (secondary N) is 1. The Labute approximate surface area is 158 Å². The predicted octanol–water partition coefficient (Wildman–Crippen LogP) is 3.09. The molecule has 8 nitrogen and oxygen atoms in total. The summed E-state index contributed by atoms with van der Waals surface area (Å²) in [5.41, 5.74) is -0.351. The minimum atomic E-state index is -0.997. The predicted molar refractivity (Wildman–Crippen MR) is 98.6 cm³/mol. The number of nitrogens with zero attached hydrogens (tertiary/aromatic N) is 1. The van der Waals surface area contributed by atoms with E-state index in [1.54, 1.807) is 0 Å². The second-order valence-electron chi connectivity index (χ2n) is 7.07. The topological polar surface area (TPSA) is 108 Å². The zero-order valence-electron chi connectivity index (χ0n) is 16.1. The Morgan fingerprint density at radius 3 is 2.63 bits per heavy atom. The molecule has 2 rings (SSSR count). The van der Waals surface area contributed by atoms with Gasteiger partial charge in [-0.15, -0.1) is 0 Å². The van der Waals surface area contributed by atoms with Crippen LogP contribution in [0.2, 0.25) is 0 Å². The van der Waals surface area contributed by atoms with Crippen LogP contribution in [0.15, 0.2) is 18.2 Å². The fourth-order valence-corrected chi connectivity index (χ4v) is 3.33. The highest BCUT2D eigenvalue weighted by Gasteiger charge is 2.30. The largest absolute Gasteiger partial charge is 0.490 e. The molecule has 1 amide bonds. The number of carbonyl (C=O) groups is 2. The van der Waals surface area contributed by atoms with Gasteiger partial charge in [-0.1, -0.05) is 26.7 Å². The van der Waals surface area contributed by atoms with E-state index >= 15 is 0 Å². The normalized spacial score (nSPS) is 23.2. The van der Waals surface area contributed by atoms with Crippen LogP contribution in [0, 0.1) is 22.0 Å². The summed E-state index contributed by atoms with van der Waals surface area (Å²) in [5.74, 6) is -0.231. The van der Waals surface area contributed by atoms with Crippen molar-refractivity contribution in [3.8, 4) is 5.75 Å². The lowest BCUT2D eigenvalue weighted by Crippen LogP contribution is -2.47. The molecule has 1 saturated carbocycles. The zero-order valence-corrected chi connectivity index (χ0v) is 16.1. The quantitative estimate of drug-likeness (QED) is 0.463. The fraction of sp³-hybridized carbons (Fsp3) is 0.579. The van der Waals surface area contributed by atoms with E-state index in [-0.39, 0.29) is 28.9 Å². The minimum Gasteiger partial charge on any atom is -0.490 e. The standard InChI is InChI=1S/C19H26N2O6/c1-11-6-5-7-15(12(11)2)20-18(22)13(3)27-19(23)14-8-9-17(26-4)16(10-14)21(24)25/h8-13,15H,5-7H2,1-4H3,(H,20,22)/t11-,12+,13+,15-/m0/s1. The molecule has 148 valence electrons. The monoisotopic (exact) mass is 378 g/mol. The number of ether oxygens (including phenoxy) is 2. The number of hydrogen-bond donors (Lipinski definition) is 1. The van der Waals surface area contributed by atoms with Crippen molar-refractivity contribution in [3.63, 3.8) is 0 Å². The molecular formula is C19H26N2O6. The number of rotatable bonds is 6. The van der Waals surface area contributed by atoms with Crippen molar-refractivity contribution in [2.75, 3.05) is 7.11 Å². The second-order valence-corrected chi connectivity index (χ2v) is 7.07. The summed E-state index contributed by atoms with van der Waals surface area (Å²) in [6.45, 7) is 5.77. The van der Waals surface area contributed by atoms with E-state index in [0.717, 1.165) is 25.3 Å². The number of carbonyl (C=O) groups excluding carboxylic acids is 2. The van der Waals surface area contributed by atoms with Crippen LogP contribution in [0.5, 0.6) is 5.75 Å². The van der Waals surface area contributed by atoms with Gasteiger partial charge in [0.15, 0.2) is 11.9 Å². The molecule has 1 aromatic rings. The molecule has 1 N–H and O–H groups in total. The Morgan fingerprint density at radius 1 is 1.30 bits per heavy atom. The molecule has 0 aromatic heterocycles. The molecule has 1 aromatic carbocycles. The molecule has 0 unspecified atom stereocenters. The lowest BCUT2D eigenvalue weighted by Gasteiger charge is -2.35. The summed E-state index contributed by atoms with van der Waals surface area (Å²) in [5, 5.41) is 14.0. The number of benzene rings is 1. The smallest absolute Gasteiger partial charge is 0.339 e. The van der Waals surface area contributed by atoms with Gasteiger partial charge in [-0.25, -0.2) is 4.79 Å². The number of methoxy groups -OCH3 is 1. The van der Waals surface area contributed by atoms with E-state index in [0.29, 0.717) is 11.8 Å². The molecule has 0 bridgehead atoms. The number of amides is 1. The van der Waals surface area contributed by atoms with E-state index in [4.69, 9.17) is 9.47 Å². The summed E-state index contributed by atoms with van der Waals surface area (Å²) in [7, 11) is 1.31. The van der Waals surface area contributed by atoms with Gasteiger partial charge in [-0.3, -0.25) is 14.9 Å². The van der Waals surface area contributed by atoms with Crippen LogP contribution in [0.25, 0.3) is 0 Å². The van der Waals surface area contributed by atoms with Crippen LogP contribution in [0.1, 0.15) is 50.4 Å². The van der Waals surface area contributed by atoms with Crippen molar-refractivity contribution in [3.05, 3.63) is 33.9 Å². The SMILES string of the molecule is COc1ccc(C(=O)O[C@H](C)C(=O)N[C@H]2CCC[C@H](C)[C@H]2C)cc1[N+](=O)[O-]. The van der Waals surface area contributed by atoms with Gasteiger partial charge in [0.05, 0.1) is 17.6 Å². The van der Waals surface area contributed by atoms with E-state index < -0.39 is 17.0 Å². The van der Waals surface area contributed by atoms with Gasteiger partial charge in [0.25, 0.3) is 5.91 Å². The van der Waals surface area contributed by atoms with Crippen LogP contribution in [0.3, 0.4) is 0 Å². The van der Waals surface area contributed by atoms with Crippen molar-refractivity contribution in [1.29, 1.82) is 0 Å². The summed E-state index contributed by atoms with van der Waals surface area (Å²) in [4.78, 5) is 35.1. The van der Waals surface area contributed by atoms with Gasteiger partial charge in [0, 0.05) is 12.1 Å². The Balaban J connectivity index is 2.01. The highest BCUT2D eigenvalue weighted by atomic mass is 16.6. The third kappa shape index (κ3) is 4.96. The Hall–Kier alpha value is -2.64. The summed E-state index contributed by atoms with van der Waals surface area (Å²) < 4.78 is 10.1. The number of nitro groups is 1. The Morgan fingerprint density at radius 2 is 2.00 bits per heavy atom. The van der Waals surface area contributed by atoms with E-state index in [1.807, 2.05) is 0 Å². The molecule has 0 radical (unpaired) electrons. The van der Waals surface area contributed by atoms with Gasteiger partial charge in [-0.05, 0) is 37.3 Å². The first-order valence-corrected chi connectivity index (χ1v) is 9.08. The maximum atomic E-state index is 12.4. The van der Waals surface area contributed by atoms with Crippen molar-refractivity contribution >= 4 is 17.6 Å². The van der Waals surface area contributed by atoms with Crippen LogP contribution in [0.4, 0.5) is 5.69 Å². The Bertz CT molecular complexity index is 720. The van der Waals surface area contributed by atoms with E-state index in [1.165, 1.54) is 26.2 Å². The molecule has 1 aliphatic carbocycles. The molecule has 0 spiro atoms. The van der Waals surface area contributed by atoms with Crippen LogP contribution in [-0.2, 0) is 9.53 Å². The van der Waals surface area contributed by atoms with Crippen LogP contribution >= 0.6 is 0 Å². The van der Waals surface area contributed by atoms with Crippen LogP contribution in [-0.4, -0.2) is 36.1 Å². The molecule has 0 heterocycles. The lowest BCUT2D eigenvalue weighted by molar-refractivity contribution is -0.385. The maximum absolute atomic E-state index is 12.4. The van der Waals surface area contributed by atoms with Gasteiger partial charge >= 0.3 is 11.7 Å². The highest BCUT2D eigenvalue weighted by Crippen LogP contribution is 2.30. The molecule has 0 saturated heterocycles. The first kappa shape index (κ1) is 20.7. The number of hydrogen-bond acceptors (Lipinski definition) is 6. The van der Waals surface area contributed by atoms with Crippen molar-refractivity contribution < 1.29 is 24.0 Å². The molecule has 4 atom stereocenters. The zero-order chi connectivity index (χ0) is 20.1. The van der Waals surface area contributed by atoms with E-state index in [2.05, 4.69) is 19.2 Å². The summed E-state index contributed by atoms with van der Waals surface area (Å²) >= 11 is 0. The summed E-state index contributed by atoms with van der Waals surface area (Å²) in [6, 6.07) is 3.83. The maximum Gasteiger partial charge on any atom is 0.339 e. The molecular weight excluding hydrogens is 352 g/mol. The van der Waals surface area contributed by atoms with Gasteiger partial charge in [0.2, 0.25) is 0 Å². The minimum absolute atomic E-state index is 0.0122. The first-order chi connectivity index (χ1) is 12.7. The van der Waals surface area contributed by atoms with Crippen molar-refractivity contribution in [2.24, 2.45) is 11.8 Å². The molecule has 8 heteroatoms. The number of esters is 1. The highest BCUT2D eigenvalue weighted by molar-refractivity contribution is 5.93. The van der Waals surface area contributed by atoms with Gasteiger partial charge < -0.3 is 14.8 Å². The van der Waals surface area contributed by atoms with Gasteiger partial charge in [0.1, 0.15) is 0 Å². The van der Waals surface area contributed by atoms with Crippen molar-refractivity contribution in [2.45, 2.75) is 52.2 Å². The lowest BCUT2D eigenvalue weighted by atomic mass is 9.78. The third-order valence-electron chi connectivity index (χ3n) is 5.30. The molecule has 1 aliphatic rings. The molecule has 0 aliphatic heterocycles. The van der Waals surface area contributed by atoms with Crippen LogP contribution < -0.4 is 10.1 Å². The first-order valence-electron chi connectivity index (χ1n) is 9.08. The number of nitro benzene ring substituents is 1. The third-order valence-corrected chi connectivity index (χ3v) is 5.30. The average molecular weight is 378 g/mol. The summed E-state index contributed by atoms with van der Waals surface area (Å²) in [6.07, 6.45) is 2.11. The molecule has 1 fully saturated rings. The van der Waals surface area contributed by atoms with Gasteiger partial charge in [-0.2, -0.15) is 0 Å².